The molecule has 0 radical (unpaired) electrons. The third kappa shape index (κ3) is 6.09. The summed E-state index contributed by atoms with van der Waals surface area (Å²) in [7, 11) is 0. The Kier molecular flexibility index (Phi) is 8.25. The van der Waals surface area contributed by atoms with Crippen LogP contribution in [0, 0.1) is 5.92 Å². The van der Waals surface area contributed by atoms with Gasteiger partial charge in [0.25, 0.3) is 0 Å². The molecule has 0 saturated carbocycles. The van der Waals surface area contributed by atoms with Crippen LogP contribution in [-0.4, -0.2) is 42.8 Å². The predicted octanol–water partition coefficient (Wildman–Crippen LogP) is 3.92. The summed E-state index contributed by atoms with van der Waals surface area (Å²) in [6.07, 6.45) is 1.45. The number of ether oxygens (including phenoxy) is 1. The zero-order valence-corrected chi connectivity index (χ0v) is 18.3. The minimum absolute atomic E-state index is 0.0165. The molecule has 0 spiro atoms. The normalized spacial score (nSPS) is 13.0. The standard InChI is InChI=1S/C25H30N2O5/c1-17(24(29)30)8-6-14-26-23(28)13-7-15-27-25(31)32-16-22-20-11-4-2-9-18(20)19-10-3-5-12-21(19)22/h2-5,9-12,17,22H,6-8,13-16H2,1H3,(H,26,28)(H,27,31)(H,29,30). The lowest BCUT2D eigenvalue weighted by Gasteiger charge is -2.14. The second kappa shape index (κ2) is 11.3. The molecule has 0 heterocycles. The van der Waals surface area contributed by atoms with Crippen LogP contribution in [0.3, 0.4) is 0 Å². The lowest BCUT2D eigenvalue weighted by molar-refractivity contribution is -0.141. The summed E-state index contributed by atoms with van der Waals surface area (Å²) in [6.45, 7) is 2.71. The number of carbonyl (C=O) groups excluding carboxylic acids is 2. The van der Waals surface area contributed by atoms with Crippen molar-refractivity contribution in [3.63, 3.8) is 0 Å². The van der Waals surface area contributed by atoms with Crippen molar-refractivity contribution in [1.29, 1.82) is 0 Å². The number of benzene rings is 2. The summed E-state index contributed by atoms with van der Waals surface area (Å²) < 4.78 is 5.47. The van der Waals surface area contributed by atoms with Crippen molar-refractivity contribution in [3.8, 4) is 11.1 Å². The van der Waals surface area contributed by atoms with Crippen molar-refractivity contribution in [2.24, 2.45) is 5.92 Å². The van der Waals surface area contributed by atoms with Crippen LogP contribution in [0.2, 0.25) is 0 Å². The van der Waals surface area contributed by atoms with E-state index < -0.39 is 18.0 Å². The smallest absolute Gasteiger partial charge is 0.407 e. The maximum absolute atomic E-state index is 12.1. The highest BCUT2D eigenvalue weighted by Gasteiger charge is 2.28. The highest BCUT2D eigenvalue weighted by atomic mass is 16.5. The molecule has 0 fully saturated rings. The first-order valence-electron chi connectivity index (χ1n) is 11.1. The number of carbonyl (C=O) groups is 3. The predicted molar refractivity (Wildman–Crippen MR) is 121 cm³/mol. The van der Waals surface area contributed by atoms with Crippen LogP contribution in [-0.2, 0) is 14.3 Å². The minimum Gasteiger partial charge on any atom is -0.481 e. The zero-order valence-electron chi connectivity index (χ0n) is 18.3. The highest BCUT2D eigenvalue weighted by Crippen LogP contribution is 2.44. The summed E-state index contributed by atoms with van der Waals surface area (Å²) >= 11 is 0. The molecule has 7 nitrogen and oxygen atoms in total. The molecular weight excluding hydrogens is 408 g/mol. The molecule has 1 aliphatic rings. The van der Waals surface area contributed by atoms with Gasteiger partial charge in [-0.15, -0.1) is 0 Å². The fourth-order valence-electron chi connectivity index (χ4n) is 3.94. The van der Waals surface area contributed by atoms with E-state index in [9.17, 15) is 14.4 Å². The van der Waals surface area contributed by atoms with E-state index in [2.05, 4.69) is 34.9 Å². The number of hydrogen-bond acceptors (Lipinski definition) is 4. The highest BCUT2D eigenvalue weighted by molar-refractivity contribution is 5.79. The molecule has 0 saturated heterocycles. The van der Waals surface area contributed by atoms with Crippen molar-refractivity contribution >= 4 is 18.0 Å². The molecular formula is C25H30N2O5. The molecule has 2 aromatic carbocycles. The van der Waals surface area contributed by atoms with Crippen LogP contribution in [0.1, 0.15) is 49.7 Å². The Labute approximate surface area is 188 Å². The quantitative estimate of drug-likeness (QED) is 0.461. The first-order valence-corrected chi connectivity index (χ1v) is 11.1. The molecule has 1 unspecified atom stereocenters. The van der Waals surface area contributed by atoms with Crippen LogP contribution in [0.4, 0.5) is 4.79 Å². The fraction of sp³-hybridized carbons (Fsp3) is 0.400. The van der Waals surface area contributed by atoms with Crippen LogP contribution in [0.25, 0.3) is 11.1 Å². The Morgan fingerprint density at radius 1 is 0.938 bits per heavy atom. The molecule has 2 aromatic rings. The third-order valence-corrected chi connectivity index (χ3v) is 5.75. The first-order chi connectivity index (χ1) is 15.5. The number of nitrogens with one attached hydrogen (secondary N) is 2. The number of fused-ring (bicyclic) bond motifs is 3. The largest absolute Gasteiger partial charge is 0.481 e. The van der Waals surface area contributed by atoms with Gasteiger partial charge in [0.1, 0.15) is 6.61 Å². The van der Waals surface area contributed by atoms with Gasteiger partial charge < -0.3 is 20.5 Å². The van der Waals surface area contributed by atoms with Gasteiger partial charge in [0, 0.05) is 25.4 Å². The number of aliphatic carboxylic acids is 1. The fourth-order valence-corrected chi connectivity index (χ4v) is 3.94. The van der Waals surface area contributed by atoms with E-state index in [-0.39, 0.29) is 24.9 Å². The second-order valence-electron chi connectivity index (χ2n) is 8.09. The van der Waals surface area contributed by atoms with E-state index in [0.29, 0.717) is 32.4 Å². The van der Waals surface area contributed by atoms with Gasteiger partial charge in [-0.05, 0) is 41.5 Å². The molecule has 2 amide bonds. The number of amides is 2. The zero-order chi connectivity index (χ0) is 22.9. The van der Waals surface area contributed by atoms with Crippen LogP contribution >= 0.6 is 0 Å². The average Bonchev–Trinajstić information content (AvgIpc) is 3.11. The van der Waals surface area contributed by atoms with Crippen LogP contribution in [0.15, 0.2) is 48.5 Å². The number of rotatable bonds is 11. The van der Waals surface area contributed by atoms with E-state index in [1.807, 2.05) is 24.3 Å². The molecule has 1 aliphatic carbocycles. The maximum Gasteiger partial charge on any atom is 0.407 e. The van der Waals surface area contributed by atoms with Crippen molar-refractivity contribution in [2.75, 3.05) is 19.7 Å². The van der Waals surface area contributed by atoms with Gasteiger partial charge in [0.05, 0.1) is 5.92 Å². The van der Waals surface area contributed by atoms with Gasteiger partial charge in [0.15, 0.2) is 0 Å². The van der Waals surface area contributed by atoms with Gasteiger partial charge in [-0.2, -0.15) is 0 Å². The molecule has 3 N–H and O–H groups in total. The molecule has 1 atom stereocenters. The Bertz CT molecular complexity index is 913. The Morgan fingerprint density at radius 2 is 1.53 bits per heavy atom. The van der Waals surface area contributed by atoms with Gasteiger partial charge in [-0.3, -0.25) is 9.59 Å². The van der Waals surface area contributed by atoms with Crippen LogP contribution < -0.4 is 10.6 Å². The van der Waals surface area contributed by atoms with Crippen molar-refractivity contribution in [2.45, 2.75) is 38.5 Å². The summed E-state index contributed by atoms with van der Waals surface area (Å²) in [5.74, 6) is -1.32. The van der Waals surface area contributed by atoms with E-state index in [4.69, 9.17) is 9.84 Å². The molecule has 7 heteroatoms. The van der Waals surface area contributed by atoms with Gasteiger partial charge in [-0.25, -0.2) is 4.79 Å². The SMILES string of the molecule is CC(CCCNC(=O)CCCNC(=O)OCC1c2ccccc2-c2ccccc21)C(=O)O. The van der Waals surface area contributed by atoms with E-state index in [1.165, 1.54) is 11.1 Å². The van der Waals surface area contributed by atoms with Crippen molar-refractivity contribution in [1.82, 2.24) is 10.6 Å². The Balaban J connectivity index is 1.33. The average molecular weight is 439 g/mol. The van der Waals surface area contributed by atoms with E-state index >= 15 is 0 Å². The van der Waals surface area contributed by atoms with Gasteiger partial charge >= 0.3 is 12.1 Å². The van der Waals surface area contributed by atoms with Gasteiger partial charge in [0.2, 0.25) is 5.91 Å². The maximum atomic E-state index is 12.1. The molecule has 3 rings (SSSR count). The number of carboxylic acids is 1. The Hall–Kier alpha value is -3.35. The van der Waals surface area contributed by atoms with Crippen molar-refractivity contribution < 1.29 is 24.2 Å². The monoisotopic (exact) mass is 438 g/mol. The van der Waals surface area contributed by atoms with Crippen molar-refractivity contribution in [3.05, 3.63) is 59.7 Å². The van der Waals surface area contributed by atoms with Gasteiger partial charge in [-0.1, -0.05) is 55.5 Å². The third-order valence-electron chi connectivity index (χ3n) is 5.75. The summed E-state index contributed by atoms with van der Waals surface area (Å²) in [4.78, 5) is 34.7. The minimum atomic E-state index is -0.823. The van der Waals surface area contributed by atoms with E-state index in [1.54, 1.807) is 6.92 Å². The summed E-state index contributed by atoms with van der Waals surface area (Å²) in [5.41, 5.74) is 4.69. The van der Waals surface area contributed by atoms with Crippen LogP contribution in [0.5, 0.6) is 0 Å². The molecule has 0 bridgehead atoms. The summed E-state index contributed by atoms with van der Waals surface area (Å²) in [6, 6.07) is 16.3. The summed E-state index contributed by atoms with van der Waals surface area (Å²) in [5, 5.41) is 14.3. The molecule has 0 aromatic heterocycles. The lowest BCUT2D eigenvalue weighted by Crippen LogP contribution is -2.29. The number of hydrogen-bond donors (Lipinski definition) is 3. The van der Waals surface area contributed by atoms with E-state index in [0.717, 1.165) is 11.1 Å². The molecule has 170 valence electrons. The topological polar surface area (TPSA) is 105 Å². The number of carboxylic acid groups (broad SMARTS) is 1. The second-order valence-corrected chi connectivity index (χ2v) is 8.09. The Morgan fingerprint density at radius 3 is 2.16 bits per heavy atom. The molecule has 0 aliphatic heterocycles. The lowest BCUT2D eigenvalue weighted by atomic mass is 9.98. The molecule has 32 heavy (non-hydrogen) atoms. The number of alkyl carbamates (subject to hydrolysis) is 1. The first kappa shape index (κ1) is 23.3.